The molecule has 1 aliphatic heterocycles. The van der Waals surface area contributed by atoms with E-state index in [0.717, 1.165) is 11.3 Å². The van der Waals surface area contributed by atoms with Gasteiger partial charge in [-0.15, -0.1) is 0 Å². The Kier molecular flexibility index (Phi) is 6.64. The fourth-order valence-electron chi connectivity index (χ4n) is 4.40. The molecule has 3 rings (SSSR count). The molecule has 1 fully saturated rings. The van der Waals surface area contributed by atoms with Crippen LogP contribution in [0.15, 0.2) is 36.4 Å². The predicted molar refractivity (Wildman–Crippen MR) is 118 cm³/mol. The molecule has 0 aromatic heterocycles. The van der Waals surface area contributed by atoms with Crippen LogP contribution in [0.4, 0.5) is 5.69 Å². The lowest BCUT2D eigenvalue weighted by molar-refractivity contribution is -0.152. The number of nitrogens with zero attached hydrogens (tertiary/aromatic N) is 3. The zero-order chi connectivity index (χ0) is 22.0. The molecule has 1 saturated heterocycles. The third-order valence-corrected chi connectivity index (χ3v) is 6.08. The lowest BCUT2D eigenvalue weighted by Crippen LogP contribution is -2.50. The number of carbonyl (C=O) groups excluding carboxylic acids is 3. The van der Waals surface area contributed by atoms with Crippen molar-refractivity contribution >= 4 is 23.4 Å². The molecule has 6 nitrogen and oxygen atoms in total. The van der Waals surface area contributed by atoms with E-state index in [1.807, 2.05) is 69.3 Å². The first-order valence-corrected chi connectivity index (χ1v) is 10.7. The Balaban J connectivity index is 1.78. The first kappa shape index (κ1) is 22.1. The highest BCUT2D eigenvalue weighted by Gasteiger charge is 2.51. The summed E-state index contributed by atoms with van der Waals surface area (Å²) >= 11 is 0. The van der Waals surface area contributed by atoms with Gasteiger partial charge in [0, 0.05) is 33.4 Å². The van der Waals surface area contributed by atoms with Crippen LogP contribution in [-0.2, 0) is 20.9 Å². The molecule has 0 bridgehead atoms. The molecule has 6 heteroatoms. The van der Waals surface area contributed by atoms with E-state index in [2.05, 4.69) is 0 Å². The second-order valence-corrected chi connectivity index (χ2v) is 9.10. The summed E-state index contributed by atoms with van der Waals surface area (Å²) < 4.78 is 0. The summed E-state index contributed by atoms with van der Waals surface area (Å²) in [5.74, 6) is -0.973. The molecular weight excluding hydrogens is 378 g/mol. The maximum Gasteiger partial charge on any atom is 0.245 e. The van der Waals surface area contributed by atoms with Gasteiger partial charge in [-0.3, -0.25) is 19.3 Å². The van der Waals surface area contributed by atoms with Gasteiger partial charge >= 0.3 is 0 Å². The van der Waals surface area contributed by atoms with Crippen molar-refractivity contribution in [2.45, 2.75) is 45.7 Å². The topological polar surface area (TPSA) is 60.9 Å². The number of hydrogen-bond donors (Lipinski definition) is 0. The van der Waals surface area contributed by atoms with Crippen molar-refractivity contribution in [1.29, 1.82) is 0 Å². The van der Waals surface area contributed by atoms with Gasteiger partial charge in [-0.05, 0) is 42.9 Å². The fourth-order valence-corrected chi connectivity index (χ4v) is 4.40. The summed E-state index contributed by atoms with van der Waals surface area (Å²) in [6.07, 6.45) is 5.59. The number of likely N-dealkylation sites (N-methyl/N-ethyl adjacent to an activating group) is 1. The number of imide groups is 1. The van der Waals surface area contributed by atoms with E-state index < -0.39 is 6.04 Å². The summed E-state index contributed by atoms with van der Waals surface area (Å²) in [6.45, 7) is 4.46. The molecule has 3 atom stereocenters. The van der Waals surface area contributed by atoms with Crippen LogP contribution in [0.25, 0.3) is 0 Å². The molecule has 0 saturated carbocycles. The van der Waals surface area contributed by atoms with Gasteiger partial charge in [-0.1, -0.05) is 38.1 Å². The lowest BCUT2D eigenvalue weighted by atomic mass is 9.85. The monoisotopic (exact) mass is 411 g/mol. The number of allylic oxidation sites excluding steroid dienone is 2. The average molecular weight is 412 g/mol. The summed E-state index contributed by atoms with van der Waals surface area (Å²) in [6, 6.07) is 7.31. The Morgan fingerprint density at radius 3 is 2.00 bits per heavy atom. The van der Waals surface area contributed by atoms with E-state index in [-0.39, 0.29) is 35.5 Å². The molecule has 1 aromatic carbocycles. The van der Waals surface area contributed by atoms with Crippen LogP contribution in [-0.4, -0.2) is 54.7 Å². The highest BCUT2D eigenvalue weighted by Crippen LogP contribution is 2.37. The number of rotatable bonds is 7. The molecule has 1 heterocycles. The Morgan fingerprint density at radius 2 is 1.53 bits per heavy atom. The maximum atomic E-state index is 13.4. The number of anilines is 1. The molecule has 30 heavy (non-hydrogen) atoms. The first-order valence-electron chi connectivity index (χ1n) is 10.7. The number of hydrogen-bond acceptors (Lipinski definition) is 4. The molecule has 1 aliphatic carbocycles. The Bertz CT molecular complexity index is 803. The van der Waals surface area contributed by atoms with Crippen LogP contribution in [0.2, 0.25) is 0 Å². The van der Waals surface area contributed by atoms with Gasteiger partial charge in [0.05, 0.1) is 11.8 Å². The maximum absolute atomic E-state index is 13.4. The Hall–Kier alpha value is -2.63. The third-order valence-electron chi connectivity index (χ3n) is 6.08. The van der Waals surface area contributed by atoms with E-state index >= 15 is 0 Å². The van der Waals surface area contributed by atoms with Gasteiger partial charge in [-0.2, -0.15) is 0 Å². The summed E-state index contributed by atoms with van der Waals surface area (Å²) in [7, 11) is 5.71. The Labute approximate surface area is 179 Å². The molecule has 3 amide bonds. The zero-order valence-electron chi connectivity index (χ0n) is 18.7. The van der Waals surface area contributed by atoms with Crippen molar-refractivity contribution in [3.8, 4) is 0 Å². The van der Waals surface area contributed by atoms with E-state index in [9.17, 15) is 14.4 Å². The predicted octanol–water partition coefficient (Wildman–Crippen LogP) is 3.08. The molecule has 0 radical (unpaired) electrons. The van der Waals surface area contributed by atoms with E-state index in [1.54, 1.807) is 11.9 Å². The van der Waals surface area contributed by atoms with Crippen LogP contribution in [0.1, 0.15) is 38.7 Å². The largest absolute Gasteiger partial charge is 0.378 e. The fraction of sp³-hybridized carbons (Fsp3) is 0.542. The molecule has 0 N–H and O–H groups in total. The van der Waals surface area contributed by atoms with Gasteiger partial charge in [0.2, 0.25) is 17.7 Å². The Morgan fingerprint density at radius 1 is 1.00 bits per heavy atom. The SMILES string of the molecule is CC(C)CC(C(=O)N(C)Cc1ccc(N(C)C)cc1)N1C(=O)C2CC=CCC2C1=O. The van der Waals surface area contributed by atoms with E-state index in [1.165, 1.54) is 4.90 Å². The van der Waals surface area contributed by atoms with Crippen molar-refractivity contribution in [3.63, 3.8) is 0 Å². The van der Waals surface area contributed by atoms with Crippen LogP contribution in [0.5, 0.6) is 0 Å². The van der Waals surface area contributed by atoms with Gasteiger partial charge in [0.25, 0.3) is 0 Å². The van der Waals surface area contributed by atoms with Crippen LogP contribution < -0.4 is 4.90 Å². The number of fused-ring (bicyclic) bond motifs is 1. The van der Waals surface area contributed by atoms with Gasteiger partial charge < -0.3 is 9.80 Å². The van der Waals surface area contributed by atoms with Crippen molar-refractivity contribution in [2.24, 2.45) is 17.8 Å². The minimum Gasteiger partial charge on any atom is -0.378 e. The van der Waals surface area contributed by atoms with Gasteiger partial charge in [0.1, 0.15) is 6.04 Å². The third kappa shape index (κ3) is 4.42. The molecule has 0 spiro atoms. The minimum absolute atomic E-state index is 0.173. The highest BCUT2D eigenvalue weighted by molar-refractivity contribution is 6.08. The average Bonchev–Trinajstić information content (AvgIpc) is 2.96. The second kappa shape index (κ2) is 9.02. The summed E-state index contributed by atoms with van der Waals surface area (Å²) in [5, 5.41) is 0. The molecule has 162 valence electrons. The quantitative estimate of drug-likeness (QED) is 0.511. The molecule has 2 aliphatic rings. The van der Waals surface area contributed by atoms with E-state index in [0.29, 0.717) is 25.8 Å². The van der Waals surface area contributed by atoms with Crippen LogP contribution in [0, 0.1) is 17.8 Å². The molecular formula is C24H33N3O3. The number of carbonyl (C=O) groups is 3. The standard InChI is InChI=1S/C24H33N3O3/c1-16(2)14-21(27-22(28)19-8-6-7-9-20(19)23(27)29)24(30)26(5)15-17-10-12-18(13-11-17)25(3)4/h6-7,10-13,16,19-21H,8-9,14-15H2,1-5H3. The number of amides is 3. The second-order valence-electron chi connectivity index (χ2n) is 9.10. The van der Waals surface area contributed by atoms with Gasteiger partial charge in [0.15, 0.2) is 0 Å². The van der Waals surface area contributed by atoms with Gasteiger partial charge in [-0.25, -0.2) is 0 Å². The van der Waals surface area contributed by atoms with Crippen molar-refractivity contribution < 1.29 is 14.4 Å². The number of benzene rings is 1. The normalized spacial score (nSPS) is 21.7. The summed E-state index contributed by atoms with van der Waals surface area (Å²) in [5.41, 5.74) is 2.10. The number of likely N-dealkylation sites (tertiary alicyclic amines) is 1. The smallest absolute Gasteiger partial charge is 0.245 e. The first-order chi connectivity index (χ1) is 14.2. The minimum atomic E-state index is -0.735. The zero-order valence-corrected chi connectivity index (χ0v) is 18.7. The van der Waals surface area contributed by atoms with Crippen LogP contribution >= 0.6 is 0 Å². The van der Waals surface area contributed by atoms with Crippen molar-refractivity contribution in [2.75, 3.05) is 26.0 Å². The molecule has 3 unspecified atom stereocenters. The highest BCUT2D eigenvalue weighted by atomic mass is 16.2. The molecule has 1 aromatic rings. The lowest BCUT2D eigenvalue weighted by Gasteiger charge is -2.31. The van der Waals surface area contributed by atoms with E-state index in [4.69, 9.17) is 0 Å². The van der Waals surface area contributed by atoms with Crippen LogP contribution in [0.3, 0.4) is 0 Å². The van der Waals surface area contributed by atoms with Crippen molar-refractivity contribution in [1.82, 2.24) is 9.80 Å². The van der Waals surface area contributed by atoms with Crippen molar-refractivity contribution in [3.05, 3.63) is 42.0 Å². The summed E-state index contributed by atoms with van der Waals surface area (Å²) in [4.78, 5) is 44.5.